The van der Waals surface area contributed by atoms with Crippen molar-refractivity contribution < 1.29 is 4.79 Å². The number of hydrogen-bond donors (Lipinski definition) is 1. The van der Waals surface area contributed by atoms with Crippen molar-refractivity contribution in [1.29, 1.82) is 0 Å². The molecule has 2 saturated heterocycles. The zero-order valence-electron chi connectivity index (χ0n) is 14.0. The number of amides is 1. The zero-order chi connectivity index (χ0) is 16.4. The van der Waals surface area contributed by atoms with Crippen LogP contribution >= 0.6 is 11.6 Å². The van der Waals surface area contributed by atoms with Gasteiger partial charge in [-0.3, -0.25) is 9.69 Å². The third-order valence-electron chi connectivity index (χ3n) is 5.23. The van der Waals surface area contributed by atoms with Crippen molar-refractivity contribution >= 4 is 17.5 Å². The Morgan fingerprint density at radius 2 is 1.91 bits per heavy atom. The van der Waals surface area contributed by atoms with E-state index in [9.17, 15) is 4.79 Å². The van der Waals surface area contributed by atoms with Crippen LogP contribution in [0.15, 0.2) is 24.3 Å². The van der Waals surface area contributed by atoms with Crippen molar-refractivity contribution in [3.8, 4) is 0 Å². The summed E-state index contributed by atoms with van der Waals surface area (Å²) in [4.78, 5) is 17.6. The van der Waals surface area contributed by atoms with E-state index in [2.05, 4.69) is 10.2 Å². The van der Waals surface area contributed by atoms with Gasteiger partial charge in [0.2, 0.25) is 5.91 Å². The van der Waals surface area contributed by atoms with Crippen molar-refractivity contribution in [1.82, 2.24) is 15.1 Å². The molecular formula is C18H26ClN3O. The lowest BCUT2D eigenvalue weighted by atomic mass is 9.83. The molecule has 0 aliphatic carbocycles. The van der Waals surface area contributed by atoms with E-state index in [1.54, 1.807) is 0 Å². The molecule has 5 heteroatoms. The second kappa shape index (κ2) is 6.80. The summed E-state index contributed by atoms with van der Waals surface area (Å²) >= 11 is 6.32. The molecule has 0 spiro atoms. The van der Waals surface area contributed by atoms with Crippen molar-refractivity contribution in [3.63, 3.8) is 0 Å². The van der Waals surface area contributed by atoms with Crippen LogP contribution in [0.25, 0.3) is 0 Å². The number of nitrogens with zero attached hydrogens (tertiary/aromatic N) is 2. The van der Waals surface area contributed by atoms with Gasteiger partial charge < -0.3 is 10.2 Å². The topological polar surface area (TPSA) is 35.6 Å². The molecule has 2 aliphatic heterocycles. The maximum Gasteiger partial charge on any atom is 0.232 e. The van der Waals surface area contributed by atoms with Gasteiger partial charge in [0.1, 0.15) is 0 Å². The van der Waals surface area contributed by atoms with Gasteiger partial charge in [-0.05, 0) is 38.4 Å². The van der Waals surface area contributed by atoms with Gasteiger partial charge in [-0.2, -0.15) is 0 Å². The summed E-state index contributed by atoms with van der Waals surface area (Å²) in [7, 11) is 0. The Morgan fingerprint density at radius 1 is 1.22 bits per heavy atom. The molecule has 0 aromatic heterocycles. The first-order chi connectivity index (χ1) is 11.0. The lowest BCUT2D eigenvalue weighted by Gasteiger charge is -2.40. The van der Waals surface area contributed by atoms with Crippen LogP contribution < -0.4 is 5.32 Å². The Hall–Kier alpha value is -1.10. The minimum absolute atomic E-state index is 0.176. The van der Waals surface area contributed by atoms with Crippen LogP contribution in [0, 0.1) is 0 Å². The maximum atomic E-state index is 13.0. The average molecular weight is 336 g/mol. The van der Waals surface area contributed by atoms with Crippen LogP contribution in [0.1, 0.15) is 25.8 Å². The van der Waals surface area contributed by atoms with Crippen LogP contribution in [0.5, 0.6) is 0 Å². The molecule has 0 saturated carbocycles. The van der Waals surface area contributed by atoms with Gasteiger partial charge in [0, 0.05) is 43.8 Å². The van der Waals surface area contributed by atoms with E-state index in [1.807, 2.05) is 43.0 Å². The molecule has 1 amide bonds. The van der Waals surface area contributed by atoms with Gasteiger partial charge in [0.05, 0.1) is 5.41 Å². The number of rotatable bonds is 3. The molecule has 1 aromatic carbocycles. The SMILES string of the molecule is CC(C)(C(=O)N1CCN(C2CCNC2)CC1)c1ccccc1Cl. The number of benzene rings is 1. The summed E-state index contributed by atoms with van der Waals surface area (Å²) in [5.74, 6) is 0.176. The van der Waals surface area contributed by atoms with E-state index < -0.39 is 5.41 Å². The largest absolute Gasteiger partial charge is 0.339 e. The number of carbonyl (C=O) groups is 1. The highest BCUT2D eigenvalue weighted by atomic mass is 35.5. The molecule has 0 radical (unpaired) electrons. The number of carbonyl (C=O) groups excluding carboxylic acids is 1. The summed E-state index contributed by atoms with van der Waals surface area (Å²) in [6.45, 7) is 9.70. The quantitative estimate of drug-likeness (QED) is 0.919. The highest BCUT2D eigenvalue weighted by molar-refractivity contribution is 6.31. The summed E-state index contributed by atoms with van der Waals surface area (Å²) in [5.41, 5.74) is 0.323. The van der Waals surface area contributed by atoms with E-state index in [-0.39, 0.29) is 5.91 Å². The number of nitrogens with one attached hydrogen (secondary N) is 1. The van der Waals surface area contributed by atoms with Crippen molar-refractivity contribution in [3.05, 3.63) is 34.9 Å². The Bertz CT molecular complexity index is 561. The number of hydrogen-bond acceptors (Lipinski definition) is 3. The normalized spacial score (nSPS) is 23.3. The Kier molecular flexibility index (Phi) is 4.95. The summed E-state index contributed by atoms with van der Waals surface area (Å²) in [5, 5.41) is 4.09. The zero-order valence-corrected chi connectivity index (χ0v) is 14.8. The van der Waals surface area contributed by atoms with Gasteiger partial charge in [-0.15, -0.1) is 0 Å². The lowest BCUT2D eigenvalue weighted by Crippen LogP contribution is -2.55. The van der Waals surface area contributed by atoms with Gasteiger partial charge in [0.25, 0.3) is 0 Å². The Labute approximate surface area is 143 Å². The Balaban J connectivity index is 1.65. The smallest absolute Gasteiger partial charge is 0.232 e. The molecule has 1 aromatic rings. The molecule has 1 N–H and O–H groups in total. The van der Waals surface area contributed by atoms with E-state index in [1.165, 1.54) is 6.42 Å². The van der Waals surface area contributed by atoms with Crippen LogP contribution in [-0.4, -0.2) is 61.0 Å². The number of halogens is 1. The summed E-state index contributed by atoms with van der Waals surface area (Å²) in [6.07, 6.45) is 1.22. The number of piperazine rings is 1. The van der Waals surface area contributed by atoms with E-state index in [0.717, 1.165) is 44.8 Å². The van der Waals surface area contributed by atoms with Crippen molar-refractivity contribution in [2.24, 2.45) is 0 Å². The van der Waals surface area contributed by atoms with Gasteiger partial charge >= 0.3 is 0 Å². The predicted octanol–water partition coefficient (Wildman–Crippen LogP) is 2.12. The highest BCUT2D eigenvalue weighted by Crippen LogP contribution is 2.32. The van der Waals surface area contributed by atoms with Crippen LogP contribution in [0.3, 0.4) is 0 Å². The van der Waals surface area contributed by atoms with Crippen molar-refractivity contribution in [2.45, 2.75) is 31.7 Å². The highest BCUT2D eigenvalue weighted by Gasteiger charge is 2.37. The minimum atomic E-state index is -0.588. The molecule has 4 nitrogen and oxygen atoms in total. The molecule has 1 unspecified atom stereocenters. The molecule has 0 bridgehead atoms. The monoisotopic (exact) mass is 335 g/mol. The van der Waals surface area contributed by atoms with E-state index in [4.69, 9.17) is 11.6 Å². The molecule has 1 atom stereocenters. The molecule has 2 heterocycles. The first-order valence-corrected chi connectivity index (χ1v) is 8.87. The maximum absolute atomic E-state index is 13.0. The van der Waals surface area contributed by atoms with Crippen LogP contribution in [0.4, 0.5) is 0 Å². The third kappa shape index (κ3) is 3.39. The van der Waals surface area contributed by atoms with Crippen LogP contribution in [0.2, 0.25) is 5.02 Å². The van der Waals surface area contributed by atoms with E-state index in [0.29, 0.717) is 11.1 Å². The van der Waals surface area contributed by atoms with Crippen molar-refractivity contribution in [2.75, 3.05) is 39.3 Å². The summed E-state index contributed by atoms with van der Waals surface area (Å²) < 4.78 is 0. The summed E-state index contributed by atoms with van der Waals surface area (Å²) in [6, 6.07) is 8.31. The second-order valence-corrected chi connectivity index (χ2v) is 7.49. The molecule has 23 heavy (non-hydrogen) atoms. The second-order valence-electron chi connectivity index (χ2n) is 7.08. The van der Waals surface area contributed by atoms with Gasteiger partial charge in [0.15, 0.2) is 0 Å². The van der Waals surface area contributed by atoms with Crippen LogP contribution in [-0.2, 0) is 10.2 Å². The Morgan fingerprint density at radius 3 is 2.52 bits per heavy atom. The first kappa shape index (κ1) is 16.7. The fraction of sp³-hybridized carbons (Fsp3) is 0.611. The predicted molar refractivity (Wildman–Crippen MR) is 93.9 cm³/mol. The van der Waals surface area contributed by atoms with E-state index >= 15 is 0 Å². The van der Waals surface area contributed by atoms with Gasteiger partial charge in [-0.25, -0.2) is 0 Å². The third-order valence-corrected chi connectivity index (χ3v) is 5.56. The van der Waals surface area contributed by atoms with Gasteiger partial charge in [-0.1, -0.05) is 29.8 Å². The molecular weight excluding hydrogens is 310 g/mol. The lowest BCUT2D eigenvalue weighted by molar-refractivity contribution is -0.138. The molecule has 2 fully saturated rings. The fourth-order valence-corrected chi connectivity index (χ4v) is 4.09. The molecule has 126 valence electrons. The molecule has 3 rings (SSSR count). The standard InChI is InChI=1S/C18H26ClN3O/c1-18(2,15-5-3-4-6-16(15)19)17(23)22-11-9-21(10-12-22)14-7-8-20-13-14/h3-6,14,20H,7-13H2,1-2H3. The first-order valence-electron chi connectivity index (χ1n) is 8.49. The average Bonchev–Trinajstić information content (AvgIpc) is 3.09. The minimum Gasteiger partial charge on any atom is -0.339 e. The fourth-order valence-electron chi connectivity index (χ4n) is 3.72. The molecule has 2 aliphatic rings.